The molecule has 0 spiro atoms. The van der Waals surface area contributed by atoms with Crippen molar-refractivity contribution in [2.24, 2.45) is 4.99 Å². The summed E-state index contributed by atoms with van der Waals surface area (Å²) in [4.78, 5) is 4.77. The maximum Gasteiger partial charge on any atom is 0.241 e. The topological polar surface area (TPSA) is 91.8 Å². The minimum absolute atomic E-state index is 0.258. The normalized spacial score (nSPS) is 12.9. The number of benzene rings is 1. The van der Waals surface area contributed by atoms with E-state index >= 15 is 0 Å². The number of nitrogens with zero attached hydrogens (tertiary/aromatic N) is 1. The molecule has 0 heterocycles. The van der Waals surface area contributed by atoms with E-state index in [0.717, 1.165) is 19.5 Å². The van der Waals surface area contributed by atoms with Gasteiger partial charge >= 0.3 is 0 Å². The Balaban J connectivity index is 2.94. The molecule has 0 bridgehead atoms. The highest BCUT2D eigenvalue weighted by molar-refractivity contribution is 7.89. The molecule has 0 aliphatic heterocycles. The van der Waals surface area contributed by atoms with Crippen LogP contribution in [0.5, 0.6) is 0 Å². The van der Waals surface area contributed by atoms with Crippen LogP contribution in [-0.4, -0.2) is 46.7 Å². The number of hydrogen-bond acceptors (Lipinski definition) is 4. The van der Waals surface area contributed by atoms with E-state index in [2.05, 4.69) is 20.3 Å². The third-order valence-electron chi connectivity index (χ3n) is 3.27. The highest BCUT2D eigenvalue weighted by Gasteiger charge is 2.24. The predicted octanol–water partition coefficient (Wildman–Crippen LogP) is 1.85. The Morgan fingerprint density at radius 2 is 1.88 bits per heavy atom. The molecule has 1 aromatic rings. The molecule has 0 radical (unpaired) electrons. The first-order chi connectivity index (χ1) is 12.2. The van der Waals surface area contributed by atoms with Gasteiger partial charge < -0.3 is 15.4 Å². The lowest BCUT2D eigenvalue weighted by atomic mass is 10.1. The Morgan fingerprint density at radius 1 is 1.19 bits per heavy atom. The van der Waals surface area contributed by atoms with Gasteiger partial charge in [-0.3, -0.25) is 0 Å². The fraction of sp³-hybridized carbons (Fsp3) is 0.611. The fourth-order valence-corrected chi connectivity index (χ4v) is 3.94. The van der Waals surface area contributed by atoms with Crippen molar-refractivity contribution in [3.63, 3.8) is 0 Å². The van der Waals surface area contributed by atoms with Crippen LogP contribution in [0.15, 0.2) is 34.2 Å². The second-order valence-electron chi connectivity index (χ2n) is 6.93. The van der Waals surface area contributed by atoms with Gasteiger partial charge in [0.25, 0.3) is 0 Å². The molecule has 0 aliphatic rings. The number of aliphatic imine (C=N–C) groups is 1. The molecule has 8 heteroatoms. The summed E-state index contributed by atoms with van der Waals surface area (Å²) in [5, 5.41) is 6.38. The van der Waals surface area contributed by atoms with Gasteiger partial charge in [0.15, 0.2) is 5.96 Å². The number of rotatable bonds is 9. The van der Waals surface area contributed by atoms with Gasteiger partial charge in [-0.1, -0.05) is 18.2 Å². The molecule has 0 aliphatic carbocycles. The van der Waals surface area contributed by atoms with E-state index < -0.39 is 15.6 Å². The Kier molecular flexibility index (Phi) is 9.04. The van der Waals surface area contributed by atoms with Crippen molar-refractivity contribution in [1.29, 1.82) is 0 Å². The molecule has 3 N–H and O–H groups in total. The Labute approximate surface area is 157 Å². The summed E-state index contributed by atoms with van der Waals surface area (Å²) in [5.41, 5.74) is 0.103. The molecule has 0 saturated carbocycles. The van der Waals surface area contributed by atoms with Gasteiger partial charge in [0, 0.05) is 32.3 Å². The van der Waals surface area contributed by atoms with Crippen LogP contribution in [0.25, 0.3) is 0 Å². The van der Waals surface area contributed by atoms with E-state index in [1.807, 2.05) is 33.8 Å². The van der Waals surface area contributed by atoms with E-state index in [9.17, 15) is 8.42 Å². The van der Waals surface area contributed by atoms with Gasteiger partial charge in [-0.05, 0) is 45.7 Å². The van der Waals surface area contributed by atoms with Crippen LogP contribution < -0.4 is 15.4 Å². The second-order valence-corrected chi connectivity index (χ2v) is 8.58. The average Bonchev–Trinajstić information content (AvgIpc) is 2.54. The number of methoxy groups -OCH3 is 1. The monoisotopic (exact) mass is 384 g/mol. The molecule has 1 rings (SSSR count). The van der Waals surface area contributed by atoms with Crippen LogP contribution in [0.1, 0.15) is 39.7 Å². The van der Waals surface area contributed by atoms with Crippen molar-refractivity contribution in [2.45, 2.75) is 51.1 Å². The second kappa shape index (κ2) is 10.5. The van der Waals surface area contributed by atoms with E-state index in [0.29, 0.717) is 18.1 Å². The van der Waals surface area contributed by atoms with E-state index in [1.54, 1.807) is 25.3 Å². The molecule has 0 aromatic heterocycles. The first-order valence-corrected chi connectivity index (χ1v) is 10.3. The standard InChI is InChI=1S/C18H32N4O3S/c1-6-19-17(20-12-9-13-25-5)21-14-15-10-7-8-11-16(15)26(23,24)22-18(2,3)4/h7-8,10-11,22H,6,9,12-14H2,1-5H3,(H2,19,20,21). The van der Waals surface area contributed by atoms with Crippen LogP contribution in [0.4, 0.5) is 0 Å². The lowest BCUT2D eigenvalue weighted by molar-refractivity contribution is 0.195. The van der Waals surface area contributed by atoms with Crippen molar-refractivity contribution < 1.29 is 13.2 Å². The Morgan fingerprint density at radius 3 is 2.50 bits per heavy atom. The van der Waals surface area contributed by atoms with E-state index in [1.165, 1.54) is 0 Å². The summed E-state index contributed by atoms with van der Waals surface area (Å²) in [6, 6.07) is 6.94. The van der Waals surface area contributed by atoms with Crippen molar-refractivity contribution >= 4 is 16.0 Å². The SMILES string of the molecule is CCNC(=NCc1ccccc1S(=O)(=O)NC(C)(C)C)NCCCOC. The average molecular weight is 385 g/mol. The minimum Gasteiger partial charge on any atom is -0.385 e. The first-order valence-electron chi connectivity index (χ1n) is 8.82. The molecular weight excluding hydrogens is 352 g/mol. The molecule has 26 heavy (non-hydrogen) atoms. The number of guanidine groups is 1. The zero-order valence-electron chi connectivity index (χ0n) is 16.4. The number of nitrogens with one attached hydrogen (secondary N) is 3. The number of hydrogen-bond donors (Lipinski definition) is 3. The molecule has 0 amide bonds. The molecule has 0 atom stereocenters. The molecule has 148 valence electrons. The highest BCUT2D eigenvalue weighted by Crippen LogP contribution is 2.18. The summed E-state index contributed by atoms with van der Waals surface area (Å²) in [5.74, 6) is 0.652. The number of ether oxygens (including phenoxy) is 1. The van der Waals surface area contributed by atoms with Crippen LogP contribution >= 0.6 is 0 Å². The largest absolute Gasteiger partial charge is 0.385 e. The molecule has 0 unspecified atom stereocenters. The molecule has 0 saturated heterocycles. The van der Waals surface area contributed by atoms with Crippen LogP contribution in [-0.2, 0) is 21.3 Å². The van der Waals surface area contributed by atoms with Gasteiger partial charge in [0.1, 0.15) is 0 Å². The molecule has 1 aromatic carbocycles. The van der Waals surface area contributed by atoms with E-state index in [-0.39, 0.29) is 11.4 Å². The molecule has 7 nitrogen and oxygen atoms in total. The third kappa shape index (κ3) is 8.16. The predicted molar refractivity (Wildman–Crippen MR) is 106 cm³/mol. The Bertz CT molecular complexity index is 682. The van der Waals surface area contributed by atoms with Crippen molar-refractivity contribution in [3.8, 4) is 0 Å². The van der Waals surface area contributed by atoms with Crippen molar-refractivity contribution in [2.75, 3.05) is 26.8 Å². The summed E-state index contributed by atoms with van der Waals surface area (Å²) in [6.45, 7) is 9.83. The van der Waals surface area contributed by atoms with Crippen LogP contribution in [0.2, 0.25) is 0 Å². The van der Waals surface area contributed by atoms with Crippen LogP contribution in [0, 0.1) is 0 Å². The third-order valence-corrected chi connectivity index (χ3v) is 5.13. The van der Waals surface area contributed by atoms with Crippen molar-refractivity contribution in [3.05, 3.63) is 29.8 Å². The summed E-state index contributed by atoms with van der Waals surface area (Å²) in [7, 11) is -1.94. The smallest absolute Gasteiger partial charge is 0.241 e. The first kappa shape index (κ1) is 22.4. The van der Waals surface area contributed by atoms with Gasteiger partial charge in [-0.2, -0.15) is 0 Å². The van der Waals surface area contributed by atoms with Gasteiger partial charge in [0.2, 0.25) is 10.0 Å². The lowest BCUT2D eigenvalue weighted by Crippen LogP contribution is -2.40. The van der Waals surface area contributed by atoms with Crippen LogP contribution in [0.3, 0.4) is 0 Å². The Hall–Kier alpha value is -1.64. The maximum absolute atomic E-state index is 12.7. The summed E-state index contributed by atoms with van der Waals surface area (Å²) >= 11 is 0. The molecular formula is C18H32N4O3S. The highest BCUT2D eigenvalue weighted by atomic mass is 32.2. The van der Waals surface area contributed by atoms with Gasteiger partial charge in [-0.25, -0.2) is 18.1 Å². The van der Waals surface area contributed by atoms with Gasteiger partial charge in [-0.15, -0.1) is 0 Å². The number of sulfonamides is 1. The maximum atomic E-state index is 12.7. The fourth-order valence-electron chi connectivity index (χ4n) is 2.28. The van der Waals surface area contributed by atoms with Crippen molar-refractivity contribution in [1.82, 2.24) is 15.4 Å². The summed E-state index contributed by atoms with van der Waals surface area (Å²) < 4.78 is 33.1. The van der Waals surface area contributed by atoms with E-state index in [4.69, 9.17) is 4.74 Å². The zero-order valence-corrected chi connectivity index (χ0v) is 17.2. The van der Waals surface area contributed by atoms with Gasteiger partial charge in [0.05, 0.1) is 11.4 Å². The quantitative estimate of drug-likeness (QED) is 0.343. The zero-order chi connectivity index (χ0) is 19.6. The minimum atomic E-state index is -3.61. The lowest BCUT2D eigenvalue weighted by Gasteiger charge is -2.21. The summed E-state index contributed by atoms with van der Waals surface area (Å²) in [6.07, 6.45) is 0.862. The molecule has 0 fully saturated rings.